The lowest BCUT2D eigenvalue weighted by Gasteiger charge is -2.35. The normalized spacial score (nSPS) is 17.1. The van der Waals surface area contributed by atoms with Crippen LogP contribution >= 0.6 is 0 Å². The number of hydrogen-bond acceptors (Lipinski definition) is 4. The topological polar surface area (TPSA) is 87.1 Å². The van der Waals surface area contributed by atoms with E-state index in [-0.39, 0.29) is 38.4 Å². The highest BCUT2D eigenvalue weighted by Crippen LogP contribution is 2.23. The van der Waals surface area contributed by atoms with Gasteiger partial charge in [0.25, 0.3) is 5.91 Å². The molecule has 0 spiro atoms. The van der Waals surface area contributed by atoms with Gasteiger partial charge < -0.3 is 19.8 Å². The summed E-state index contributed by atoms with van der Waals surface area (Å²) in [5.41, 5.74) is -0.516. The van der Waals surface area contributed by atoms with E-state index in [0.717, 1.165) is 0 Å². The summed E-state index contributed by atoms with van der Waals surface area (Å²) in [6, 6.07) is 7.61. The number of benzene rings is 1. The summed E-state index contributed by atoms with van der Waals surface area (Å²) in [7, 11) is 0. The van der Waals surface area contributed by atoms with Crippen LogP contribution < -0.4 is 4.74 Å². The smallest absolute Gasteiger partial charge is 0.335 e. The maximum absolute atomic E-state index is 12.1. The summed E-state index contributed by atoms with van der Waals surface area (Å²) in [5, 5.41) is 18.8. The molecule has 0 unspecified atom stereocenters. The fourth-order valence-corrected chi connectivity index (χ4v) is 2.53. The molecule has 0 saturated carbocycles. The Kier molecular flexibility index (Phi) is 5.26. The second-order valence-corrected chi connectivity index (χ2v) is 6.23. The van der Waals surface area contributed by atoms with Gasteiger partial charge >= 0.3 is 5.97 Å². The number of amides is 1. The maximum Gasteiger partial charge on any atom is 0.335 e. The van der Waals surface area contributed by atoms with Crippen LogP contribution in [0, 0.1) is 0 Å². The van der Waals surface area contributed by atoms with E-state index >= 15 is 0 Å². The molecule has 0 aromatic heterocycles. The molecule has 1 amide bonds. The summed E-state index contributed by atoms with van der Waals surface area (Å²) in [4.78, 5) is 24.6. The van der Waals surface area contributed by atoms with Crippen molar-refractivity contribution in [2.75, 3.05) is 19.7 Å². The molecule has 1 saturated heterocycles. The molecule has 1 aromatic carbocycles. The Morgan fingerprint density at radius 2 is 1.78 bits per heavy atom. The molecule has 2 rings (SSSR count). The van der Waals surface area contributed by atoms with E-state index in [1.54, 1.807) is 0 Å². The second-order valence-electron chi connectivity index (χ2n) is 6.23. The second kappa shape index (κ2) is 7.00. The van der Waals surface area contributed by atoms with Crippen LogP contribution in [0.1, 0.15) is 38.2 Å². The molecule has 126 valence electrons. The molecule has 0 radical (unpaired) electrons. The number of likely N-dealkylation sites (tertiary alicyclic amines) is 1. The molecular formula is C17H23NO5. The maximum atomic E-state index is 12.1. The molecule has 1 fully saturated rings. The van der Waals surface area contributed by atoms with Crippen LogP contribution in [-0.4, -0.2) is 52.3 Å². The van der Waals surface area contributed by atoms with Gasteiger partial charge in [0.1, 0.15) is 5.75 Å². The van der Waals surface area contributed by atoms with Crippen molar-refractivity contribution in [3.05, 3.63) is 29.8 Å². The van der Waals surface area contributed by atoms with Gasteiger partial charge in [-0.25, -0.2) is 4.79 Å². The van der Waals surface area contributed by atoms with Crippen molar-refractivity contribution >= 4 is 11.9 Å². The van der Waals surface area contributed by atoms with Crippen LogP contribution in [0.15, 0.2) is 24.3 Å². The lowest BCUT2D eigenvalue weighted by molar-refractivity contribution is -0.165. The van der Waals surface area contributed by atoms with Gasteiger partial charge in [0.2, 0.25) is 0 Å². The van der Waals surface area contributed by atoms with Crippen molar-refractivity contribution in [2.45, 2.75) is 38.2 Å². The minimum absolute atomic E-state index is 0.0388. The number of aliphatic hydroxyl groups is 1. The summed E-state index contributed by atoms with van der Waals surface area (Å²) in [6.45, 7) is 4.56. The zero-order valence-corrected chi connectivity index (χ0v) is 13.5. The average Bonchev–Trinajstić information content (AvgIpc) is 2.53. The molecule has 0 aliphatic carbocycles. The zero-order chi connectivity index (χ0) is 17.0. The Balaban J connectivity index is 1.83. The monoisotopic (exact) mass is 321 g/mol. The SMILES string of the molecule is CC(C)c1ccc(OCC(=O)N2CCC(O)(C(=O)O)CC2)cc1. The summed E-state index contributed by atoms with van der Waals surface area (Å²) in [6.07, 6.45) is 0.0777. The van der Waals surface area contributed by atoms with E-state index in [1.165, 1.54) is 10.5 Å². The Morgan fingerprint density at radius 3 is 2.26 bits per heavy atom. The lowest BCUT2D eigenvalue weighted by Crippen LogP contribution is -2.51. The van der Waals surface area contributed by atoms with Crippen molar-refractivity contribution in [1.82, 2.24) is 4.90 Å². The first-order valence-electron chi connectivity index (χ1n) is 7.78. The van der Waals surface area contributed by atoms with Gasteiger partial charge in [0, 0.05) is 25.9 Å². The lowest BCUT2D eigenvalue weighted by atomic mass is 9.92. The van der Waals surface area contributed by atoms with Gasteiger partial charge in [0.15, 0.2) is 12.2 Å². The van der Waals surface area contributed by atoms with Crippen LogP contribution in [0.3, 0.4) is 0 Å². The van der Waals surface area contributed by atoms with Crippen molar-refractivity contribution in [3.8, 4) is 5.75 Å². The van der Waals surface area contributed by atoms with Crippen LogP contribution in [0.4, 0.5) is 0 Å². The van der Waals surface area contributed by atoms with Crippen molar-refractivity contribution in [3.63, 3.8) is 0 Å². The number of aliphatic carboxylic acids is 1. The van der Waals surface area contributed by atoms with E-state index in [0.29, 0.717) is 11.7 Å². The minimum Gasteiger partial charge on any atom is -0.484 e. The highest BCUT2D eigenvalue weighted by molar-refractivity contribution is 5.80. The molecular weight excluding hydrogens is 298 g/mol. The van der Waals surface area contributed by atoms with Crippen molar-refractivity contribution < 1.29 is 24.5 Å². The standard InChI is InChI=1S/C17H23NO5/c1-12(2)13-3-5-14(6-4-13)23-11-15(19)18-9-7-17(22,8-10-18)16(20)21/h3-6,12,22H,7-11H2,1-2H3,(H,20,21). The van der Waals surface area contributed by atoms with Gasteiger partial charge in [-0.15, -0.1) is 0 Å². The third-order valence-electron chi connectivity index (χ3n) is 4.25. The van der Waals surface area contributed by atoms with E-state index in [1.807, 2.05) is 24.3 Å². The molecule has 0 atom stereocenters. The average molecular weight is 321 g/mol. The highest BCUT2D eigenvalue weighted by Gasteiger charge is 2.40. The Hall–Kier alpha value is -2.08. The molecule has 1 heterocycles. The predicted octanol–water partition coefficient (Wildman–Crippen LogP) is 1.63. The van der Waals surface area contributed by atoms with Crippen LogP contribution in [0.25, 0.3) is 0 Å². The van der Waals surface area contributed by atoms with Crippen molar-refractivity contribution in [1.29, 1.82) is 0 Å². The molecule has 1 aromatic rings. The first kappa shape index (κ1) is 17.3. The molecule has 1 aliphatic heterocycles. The first-order valence-corrected chi connectivity index (χ1v) is 7.78. The first-order chi connectivity index (χ1) is 10.8. The van der Waals surface area contributed by atoms with Gasteiger partial charge in [-0.1, -0.05) is 26.0 Å². The van der Waals surface area contributed by atoms with E-state index in [2.05, 4.69) is 13.8 Å². The van der Waals surface area contributed by atoms with Crippen LogP contribution in [0.2, 0.25) is 0 Å². The van der Waals surface area contributed by atoms with E-state index in [9.17, 15) is 14.7 Å². The number of carbonyl (C=O) groups is 2. The zero-order valence-electron chi connectivity index (χ0n) is 13.5. The number of ether oxygens (including phenoxy) is 1. The summed E-state index contributed by atoms with van der Waals surface area (Å²) < 4.78 is 5.49. The number of carbonyl (C=O) groups excluding carboxylic acids is 1. The summed E-state index contributed by atoms with van der Waals surface area (Å²) >= 11 is 0. The fraction of sp³-hybridized carbons (Fsp3) is 0.529. The molecule has 0 bridgehead atoms. The quantitative estimate of drug-likeness (QED) is 0.860. The highest BCUT2D eigenvalue weighted by atomic mass is 16.5. The molecule has 1 aliphatic rings. The predicted molar refractivity (Wildman–Crippen MR) is 84.4 cm³/mol. The Labute approximate surface area is 135 Å². The number of carboxylic acid groups (broad SMARTS) is 1. The largest absolute Gasteiger partial charge is 0.484 e. The van der Waals surface area contributed by atoms with Gasteiger partial charge in [-0.3, -0.25) is 4.79 Å². The Bertz CT molecular complexity index is 559. The van der Waals surface area contributed by atoms with Crippen LogP contribution in [-0.2, 0) is 9.59 Å². The molecule has 23 heavy (non-hydrogen) atoms. The van der Waals surface area contributed by atoms with E-state index in [4.69, 9.17) is 9.84 Å². The molecule has 6 heteroatoms. The molecule has 6 nitrogen and oxygen atoms in total. The van der Waals surface area contributed by atoms with Gasteiger partial charge in [-0.05, 0) is 23.6 Å². The van der Waals surface area contributed by atoms with Gasteiger partial charge in [0.05, 0.1) is 0 Å². The number of carboxylic acids is 1. The van der Waals surface area contributed by atoms with Crippen molar-refractivity contribution in [2.24, 2.45) is 0 Å². The van der Waals surface area contributed by atoms with Gasteiger partial charge in [-0.2, -0.15) is 0 Å². The Morgan fingerprint density at radius 1 is 1.22 bits per heavy atom. The minimum atomic E-state index is -1.72. The third-order valence-corrected chi connectivity index (χ3v) is 4.25. The third kappa shape index (κ3) is 4.22. The summed E-state index contributed by atoms with van der Waals surface area (Å²) in [5.74, 6) is -0.370. The van der Waals surface area contributed by atoms with Crippen LogP contribution in [0.5, 0.6) is 5.75 Å². The number of rotatable bonds is 5. The fourth-order valence-electron chi connectivity index (χ4n) is 2.53. The number of piperidine rings is 1. The number of nitrogens with zero attached hydrogens (tertiary/aromatic N) is 1. The number of hydrogen-bond donors (Lipinski definition) is 2. The van der Waals surface area contributed by atoms with E-state index < -0.39 is 11.6 Å². The molecule has 2 N–H and O–H groups in total.